The SMILES string of the molecule is CCCNCc1ccc(COCC2CCOC2)o1. The van der Waals surface area contributed by atoms with Gasteiger partial charge < -0.3 is 19.2 Å². The average molecular weight is 253 g/mol. The van der Waals surface area contributed by atoms with E-state index in [0.717, 1.165) is 57.3 Å². The first kappa shape index (κ1) is 13.6. The monoisotopic (exact) mass is 253 g/mol. The third-order valence-corrected chi connectivity index (χ3v) is 3.07. The first-order valence-electron chi connectivity index (χ1n) is 6.82. The zero-order valence-corrected chi connectivity index (χ0v) is 11.1. The third-order valence-electron chi connectivity index (χ3n) is 3.07. The molecule has 1 aliphatic heterocycles. The van der Waals surface area contributed by atoms with Crippen molar-refractivity contribution in [2.75, 3.05) is 26.4 Å². The fourth-order valence-electron chi connectivity index (χ4n) is 2.02. The molecule has 1 N–H and O–H groups in total. The molecule has 0 radical (unpaired) electrons. The molecule has 0 spiro atoms. The molecule has 18 heavy (non-hydrogen) atoms. The molecule has 0 bridgehead atoms. The van der Waals surface area contributed by atoms with Gasteiger partial charge in [0.05, 0.1) is 19.8 Å². The van der Waals surface area contributed by atoms with Crippen molar-refractivity contribution in [1.29, 1.82) is 0 Å². The number of hydrogen-bond acceptors (Lipinski definition) is 4. The molecule has 1 atom stereocenters. The Hall–Kier alpha value is -0.840. The number of furan rings is 1. The summed E-state index contributed by atoms with van der Waals surface area (Å²) < 4.78 is 16.6. The van der Waals surface area contributed by atoms with Crippen LogP contribution in [0.25, 0.3) is 0 Å². The molecule has 1 saturated heterocycles. The van der Waals surface area contributed by atoms with Crippen LogP contribution in [0.5, 0.6) is 0 Å². The highest BCUT2D eigenvalue weighted by molar-refractivity contribution is 5.06. The lowest BCUT2D eigenvalue weighted by atomic mass is 10.1. The van der Waals surface area contributed by atoms with Crippen LogP contribution < -0.4 is 5.32 Å². The normalized spacial score (nSPS) is 19.5. The molecule has 1 unspecified atom stereocenters. The lowest BCUT2D eigenvalue weighted by Gasteiger charge is -2.07. The van der Waals surface area contributed by atoms with E-state index in [9.17, 15) is 0 Å². The first-order valence-corrected chi connectivity index (χ1v) is 6.82. The van der Waals surface area contributed by atoms with Gasteiger partial charge in [-0.15, -0.1) is 0 Å². The summed E-state index contributed by atoms with van der Waals surface area (Å²) in [5.41, 5.74) is 0. The van der Waals surface area contributed by atoms with E-state index in [0.29, 0.717) is 12.5 Å². The summed E-state index contributed by atoms with van der Waals surface area (Å²) in [6, 6.07) is 4.01. The molecule has 1 aromatic heterocycles. The second kappa shape index (κ2) is 7.56. The van der Waals surface area contributed by atoms with Crippen molar-refractivity contribution in [3.63, 3.8) is 0 Å². The fraction of sp³-hybridized carbons (Fsp3) is 0.714. The molecule has 0 aliphatic carbocycles. The van der Waals surface area contributed by atoms with Crippen LogP contribution in [-0.4, -0.2) is 26.4 Å². The highest BCUT2D eigenvalue weighted by Gasteiger charge is 2.15. The predicted molar refractivity (Wildman–Crippen MR) is 69.3 cm³/mol. The van der Waals surface area contributed by atoms with Gasteiger partial charge in [0.1, 0.15) is 18.1 Å². The standard InChI is InChI=1S/C14H23NO3/c1-2-6-15-8-13-3-4-14(18-13)11-17-10-12-5-7-16-9-12/h3-4,12,15H,2,5-11H2,1H3. The Morgan fingerprint density at radius 1 is 1.39 bits per heavy atom. The van der Waals surface area contributed by atoms with Gasteiger partial charge in [-0.1, -0.05) is 6.92 Å². The van der Waals surface area contributed by atoms with E-state index < -0.39 is 0 Å². The van der Waals surface area contributed by atoms with Crippen molar-refractivity contribution in [1.82, 2.24) is 5.32 Å². The van der Waals surface area contributed by atoms with Crippen LogP contribution in [0.15, 0.2) is 16.5 Å². The van der Waals surface area contributed by atoms with Crippen LogP contribution >= 0.6 is 0 Å². The Kier molecular flexibility index (Phi) is 5.71. The van der Waals surface area contributed by atoms with E-state index >= 15 is 0 Å². The maximum atomic E-state index is 5.68. The number of hydrogen-bond donors (Lipinski definition) is 1. The minimum absolute atomic E-state index is 0.560. The van der Waals surface area contributed by atoms with Crippen molar-refractivity contribution in [2.24, 2.45) is 5.92 Å². The Morgan fingerprint density at radius 3 is 3.06 bits per heavy atom. The van der Waals surface area contributed by atoms with Gasteiger partial charge in [0.2, 0.25) is 0 Å². The van der Waals surface area contributed by atoms with Gasteiger partial charge in [-0.05, 0) is 31.5 Å². The van der Waals surface area contributed by atoms with Crippen molar-refractivity contribution in [2.45, 2.75) is 32.9 Å². The predicted octanol–water partition coefficient (Wildman–Crippen LogP) is 2.33. The van der Waals surface area contributed by atoms with Gasteiger partial charge >= 0.3 is 0 Å². The third kappa shape index (κ3) is 4.44. The van der Waals surface area contributed by atoms with Gasteiger partial charge in [-0.3, -0.25) is 0 Å². The van der Waals surface area contributed by atoms with Crippen LogP contribution in [0.1, 0.15) is 31.3 Å². The molecular formula is C14H23NO3. The van der Waals surface area contributed by atoms with Crippen LogP contribution in [0.3, 0.4) is 0 Å². The quantitative estimate of drug-likeness (QED) is 0.722. The molecule has 102 valence electrons. The second-order valence-corrected chi connectivity index (χ2v) is 4.79. The minimum Gasteiger partial charge on any atom is -0.462 e. The van der Waals surface area contributed by atoms with Crippen molar-refractivity contribution in [3.8, 4) is 0 Å². The van der Waals surface area contributed by atoms with Crippen LogP contribution in [0, 0.1) is 5.92 Å². The van der Waals surface area contributed by atoms with E-state index in [1.165, 1.54) is 0 Å². The van der Waals surface area contributed by atoms with E-state index in [4.69, 9.17) is 13.9 Å². The zero-order valence-electron chi connectivity index (χ0n) is 11.1. The Labute approximate surface area is 109 Å². The first-order chi connectivity index (χ1) is 8.88. The fourth-order valence-corrected chi connectivity index (χ4v) is 2.02. The number of rotatable bonds is 8. The summed E-state index contributed by atoms with van der Waals surface area (Å²) in [6.07, 6.45) is 2.25. The highest BCUT2D eigenvalue weighted by Crippen LogP contribution is 2.14. The molecule has 4 nitrogen and oxygen atoms in total. The molecule has 0 aromatic carbocycles. The molecular weight excluding hydrogens is 230 g/mol. The molecule has 1 fully saturated rings. The average Bonchev–Trinajstić information content (AvgIpc) is 3.01. The Bertz CT molecular complexity index is 332. The van der Waals surface area contributed by atoms with Gasteiger partial charge in [-0.2, -0.15) is 0 Å². The topological polar surface area (TPSA) is 43.6 Å². The summed E-state index contributed by atoms with van der Waals surface area (Å²) in [4.78, 5) is 0. The summed E-state index contributed by atoms with van der Waals surface area (Å²) in [5, 5.41) is 3.31. The maximum Gasteiger partial charge on any atom is 0.129 e. The van der Waals surface area contributed by atoms with E-state index in [1.54, 1.807) is 0 Å². The van der Waals surface area contributed by atoms with Crippen LogP contribution in [-0.2, 0) is 22.6 Å². The second-order valence-electron chi connectivity index (χ2n) is 4.79. The molecule has 2 heterocycles. The Morgan fingerprint density at radius 2 is 2.28 bits per heavy atom. The molecule has 0 saturated carbocycles. The van der Waals surface area contributed by atoms with E-state index in [1.807, 2.05) is 12.1 Å². The highest BCUT2D eigenvalue weighted by atomic mass is 16.5. The van der Waals surface area contributed by atoms with Gasteiger partial charge in [0.15, 0.2) is 0 Å². The summed E-state index contributed by atoms with van der Waals surface area (Å²) >= 11 is 0. The maximum absolute atomic E-state index is 5.68. The Balaban J connectivity index is 1.63. The zero-order chi connectivity index (χ0) is 12.6. The smallest absolute Gasteiger partial charge is 0.129 e. The van der Waals surface area contributed by atoms with Gasteiger partial charge in [-0.25, -0.2) is 0 Å². The summed E-state index contributed by atoms with van der Waals surface area (Å²) in [5.74, 6) is 2.44. The molecule has 1 aliphatic rings. The summed E-state index contributed by atoms with van der Waals surface area (Å²) in [6.45, 7) is 7.01. The lowest BCUT2D eigenvalue weighted by molar-refractivity contribution is 0.0685. The van der Waals surface area contributed by atoms with Crippen molar-refractivity contribution in [3.05, 3.63) is 23.7 Å². The van der Waals surface area contributed by atoms with Crippen molar-refractivity contribution >= 4 is 0 Å². The number of ether oxygens (including phenoxy) is 2. The molecule has 0 amide bonds. The van der Waals surface area contributed by atoms with E-state index in [-0.39, 0.29) is 0 Å². The van der Waals surface area contributed by atoms with Gasteiger partial charge in [0.25, 0.3) is 0 Å². The van der Waals surface area contributed by atoms with Crippen LogP contribution in [0.4, 0.5) is 0 Å². The molecule has 1 aromatic rings. The summed E-state index contributed by atoms with van der Waals surface area (Å²) in [7, 11) is 0. The van der Waals surface area contributed by atoms with E-state index in [2.05, 4.69) is 12.2 Å². The molecule has 2 rings (SSSR count). The van der Waals surface area contributed by atoms with Gasteiger partial charge in [0, 0.05) is 12.5 Å². The van der Waals surface area contributed by atoms with Crippen LogP contribution in [0.2, 0.25) is 0 Å². The number of nitrogens with one attached hydrogen (secondary N) is 1. The lowest BCUT2D eigenvalue weighted by Crippen LogP contribution is -2.13. The molecule has 4 heteroatoms. The van der Waals surface area contributed by atoms with Crippen molar-refractivity contribution < 1.29 is 13.9 Å². The minimum atomic E-state index is 0.560. The largest absolute Gasteiger partial charge is 0.462 e.